The zero-order valence-corrected chi connectivity index (χ0v) is 7.55. The molecule has 1 aromatic rings. The first kappa shape index (κ1) is 8.09. The van der Waals surface area contributed by atoms with E-state index in [1.165, 1.54) is 11.1 Å². The quantitative estimate of drug-likeness (QED) is 0.517. The minimum Gasteiger partial charge on any atom is -0.373 e. The summed E-state index contributed by atoms with van der Waals surface area (Å²) in [4.78, 5) is 0. The minimum atomic E-state index is 0.468. The molecule has 2 rings (SSSR count). The molecule has 0 saturated carbocycles. The van der Waals surface area contributed by atoms with Crippen LogP contribution in [0.2, 0.25) is 0 Å². The van der Waals surface area contributed by atoms with Gasteiger partial charge in [-0.1, -0.05) is 24.3 Å². The molecule has 0 amide bonds. The number of epoxide rings is 1. The SMILES string of the molecule is ClCc1cccc(CC2CO2)c1. The summed E-state index contributed by atoms with van der Waals surface area (Å²) in [6.07, 6.45) is 1.50. The maximum Gasteiger partial charge on any atom is 0.0850 e. The molecule has 1 heterocycles. The zero-order chi connectivity index (χ0) is 8.39. The summed E-state index contributed by atoms with van der Waals surface area (Å²) in [5.41, 5.74) is 2.52. The largest absolute Gasteiger partial charge is 0.373 e. The molecule has 1 nitrogen and oxygen atoms in total. The molecule has 1 aliphatic heterocycles. The second kappa shape index (κ2) is 3.46. The molecule has 0 bridgehead atoms. The van der Waals surface area contributed by atoms with Gasteiger partial charge in [-0.25, -0.2) is 0 Å². The monoisotopic (exact) mass is 182 g/mol. The van der Waals surface area contributed by atoms with Crippen molar-refractivity contribution in [2.75, 3.05) is 6.61 Å². The molecule has 0 aromatic heterocycles. The first-order chi connectivity index (χ1) is 5.88. The van der Waals surface area contributed by atoms with E-state index in [1.54, 1.807) is 0 Å². The van der Waals surface area contributed by atoms with Crippen molar-refractivity contribution in [3.8, 4) is 0 Å². The van der Waals surface area contributed by atoms with Gasteiger partial charge in [-0.05, 0) is 11.1 Å². The van der Waals surface area contributed by atoms with Crippen LogP contribution in [0, 0.1) is 0 Å². The van der Waals surface area contributed by atoms with E-state index in [0.717, 1.165) is 13.0 Å². The van der Waals surface area contributed by atoms with Gasteiger partial charge in [0, 0.05) is 12.3 Å². The normalized spacial score (nSPS) is 20.9. The molecule has 12 heavy (non-hydrogen) atoms. The Morgan fingerprint density at radius 1 is 1.42 bits per heavy atom. The Morgan fingerprint density at radius 3 is 2.83 bits per heavy atom. The van der Waals surface area contributed by atoms with Crippen LogP contribution in [0.3, 0.4) is 0 Å². The molecule has 0 spiro atoms. The lowest BCUT2D eigenvalue weighted by atomic mass is 10.1. The highest BCUT2D eigenvalue weighted by Crippen LogP contribution is 2.17. The van der Waals surface area contributed by atoms with Crippen LogP contribution in [0.15, 0.2) is 24.3 Å². The third-order valence-electron chi connectivity index (χ3n) is 2.01. The fraction of sp³-hybridized carbons (Fsp3) is 0.400. The van der Waals surface area contributed by atoms with Crippen molar-refractivity contribution >= 4 is 11.6 Å². The fourth-order valence-corrected chi connectivity index (χ4v) is 1.45. The number of ether oxygens (including phenoxy) is 1. The third kappa shape index (κ3) is 1.99. The Bertz CT molecular complexity index is 268. The lowest BCUT2D eigenvalue weighted by molar-refractivity contribution is 0.407. The van der Waals surface area contributed by atoms with Gasteiger partial charge in [-0.15, -0.1) is 11.6 Å². The first-order valence-electron chi connectivity index (χ1n) is 4.14. The fourth-order valence-electron chi connectivity index (χ4n) is 1.29. The topological polar surface area (TPSA) is 12.5 Å². The van der Waals surface area contributed by atoms with E-state index >= 15 is 0 Å². The van der Waals surface area contributed by atoms with Gasteiger partial charge in [0.1, 0.15) is 0 Å². The predicted molar refractivity (Wildman–Crippen MR) is 49.4 cm³/mol. The van der Waals surface area contributed by atoms with Crippen molar-refractivity contribution in [3.05, 3.63) is 35.4 Å². The lowest BCUT2D eigenvalue weighted by Crippen LogP contribution is -1.93. The van der Waals surface area contributed by atoms with Crippen molar-refractivity contribution in [1.82, 2.24) is 0 Å². The molecule has 64 valence electrons. The average Bonchev–Trinajstić information content (AvgIpc) is 2.89. The predicted octanol–water partition coefficient (Wildman–Crippen LogP) is 2.37. The Labute approximate surface area is 77.3 Å². The highest BCUT2D eigenvalue weighted by molar-refractivity contribution is 6.17. The maximum atomic E-state index is 5.72. The van der Waals surface area contributed by atoms with E-state index in [-0.39, 0.29) is 0 Å². The van der Waals surface area contributed by atoms with Gasteiger partial charge in [0.05, 0.1) is 12.7 Å². The first-order valence-corrected chi connectivity index (χ1v) is 4.67. The molecular formula is C10H11ClO. The van der Waals surface area contributed by atoms with Gasteiger partial charge in [0.2, 0.25) is 0 Å². The van der Waals surface area contributed by atoms with Crippen molar-refractivity contribution in [1.29, 1.82) is 0 Å². The summed E-state index contributed by atoms with van der Waals surface area (Å²) in [5.74, 6) is 0.597. The van der Waals surface area contributed by atoms with Gasteiger partial charge >= 0.3 is 0 Å². The Morgan fingerprint density at radius 2 is 2.17 bits per heavy atom. The molecule has 2 heteroatoms. The van der Waals surface area contributed by atoms with E-state index in [1.807, 2.05) is 6.07 Å². The van der Waals surface area contributed by atoms with Gasteiger partial charge < -0.3 is 4.74 Å². The zero-order valence-electron chi connectivity index (χ0n) is 6.79. The molecule has 1 saturated heterocycles. The number of benzene rings is 1. The summed E-state index contributed by atoms with van der Waals surface area (Å²) >= 11 is 5.72. The standard InChI is InChI=1S/C10H11ClO/c11-6-9-3-1-2-8(4-9)5-10-7-12-10/h1-4,10H,5-7H2. The maximum absolute atomic E-state index is 5.72. The highest BCUT2D eigenvalue weighted by atomic mass is 35.5. The number of hydrogen-bond donors (Lipinski definition) is 0. The summed E-state index contributed by atoms with van der Waals surface area (Å²) < 4.78 is 5.15. The number of hydrogen-bond acceptors (Lipinski definition) is 1. The molecule has 0 aliphatic carbocycles. The molecule has 1 unspecified atom stereocenters. The molecule has 1 fully saturated rings. The molecule has 1 atom stereocenters. The van der Waals surface area contributed by atoms with Crippen LogP contribution in [-0.4, -0.2) is 12.7 Å². The van der Waals surface area contributed by atoms with Crippen molar-refractivity contribution in [2.24, 2.45) is 0 Å². The second-order valence-electron chi connectivity index (χ2n) is 3.11. The molecular weight excluding hydrogens is 172 g/mol. The number of halogens is 1. The summed E-state index contributed by atoms with van der Waals surface area (Å²) in [6.45, 7) is 0.922. The number of alkyl halides is 1. The van der Waals surface area contributed by atoms with Gasteiger partial charge in [0.25, 0.3) is 0 Å². The van der Waals surface area contributed by atoms with Gasteiger partial charge in [-0.2, -0.15) is 0 Å². The van der Waals surface area contributed by atoms with Crippen LogP contribution in [0.5, 0.6) is 0 Å². The molecule has 1 aliphatic rings. The van der Waals surface area contributed by atoms with E-state index < -0.39 is 0 Å². The highest BCUT2D eigenvalue weighted by Gasteiger charge is 2.22. The van der Waals surface area contributed by atoms with Gasteiger partial charge in [-0.3, -0.25) is 0 Å². The van der Waals surface area contributed by atoms with E-state index in [2.05, 4.69) is 18.2 Å². The second-order valence-corrected chi connectivity index (χ2v) is 3.38. The van der Waals surface area contributed by atoms with Crippen molar-refractivity contribution in [2.45, 2.75) is 18.4 Å². The van der Waals surface area contributed by atoms with Crippen LogP contribution in [0.25, 0.3) is 0 Å². The van der Waals surface area contributed by atoms with Crippen LogP contribution >= 0.6 is 11.6 Å². The van der Waals surface area contributed by atoms with Crippen LogP contribution in [-0.2, 0) is 17.0 Å². The van der Waals surface area contributed by atoms with Crippen molar-refractivity contribution in [3.63, 3.8) is 0 Å². The van der Waals surface area contributed by atoms with Crippen LogP contribution in [0.4, 0.5) is 0 Å². The van der Waals surface area contributed by atoms with E-state index in [9.17, 15) is 0 Å². The minimum absolute atomic E-state index is 0.468. The summed E-state index contributed by atoms with van der Waals surface area (Å²) in [5, 5.41) is 0. The lowest BCUT2D eigenvalue weighted by Gasteiger charge is -1.99. The van der Waals surface area contributed by atoms with Crippen LogP contribution < -0.4 is 0 Å². The Hall–Kier alpha value is -0.530. The Kier molecular flexibility index (Phi) is 2.33. The van der Waals surface area contributed by atoms with Crippen molar-refractivity contribution < 1.29 is 4.74 Å². The molecule has 0 N–H and O–H groups in total. The molecule has 0 radical (unpaired) electrons. The van der Waals surface area contributed by atoms with Crippen LogP contribution in [0.1, 0.15) is 11.1 Å². The smallest absolute Gasteiger partial charge is 0.0850 e. The molecule has 1 aromatic carbocycles. The average molecular weight is 183 g/mol. The number of rotatable bonds is 3. The Balaban J connectivity index is 2.08. The van der Waals surface area contributed by atoms with Gasteiger partial charge in [0.15, 0.2) is 0 Å². The van der Waals surface area contributed by atoms with E-state index in [4.69, 9.17) is 16.3 Å². The summed E-state index contributed by atoms with van der Waals surface area (Å²) in [6, 6.07) is 8.37. The summed E-state index contributed by atoms with van der Waals surface area (Å²) in [7, 11) is 0. The van der Waals surface area contributed by atoms with E-state index in [0.29, 0.717) is 12.0 Å². The third-order valence-corrected chi connectivity index (χ3v) is 2.32.